The standard InChI is InChI=1S/C11H12O2S/c1-8-10(11(12)13-8)7-14-9-5-3-2-4-6-9/h2-6,8,10H,7H2,1H3/t8-,10+/m0/s1. The van der Waals surface area contributed by atoms with Crippen molar-refractivity contribution in [2.24, 2.45) is 5.92 Å². The Kier molecular flexibility index (Phi) is 2.77. The number of cyclic esters (lactones) is 1. The third-order valence-corrected chi connectivity index (χ3v) is 3.48. The Hall–Kier alpha value is -0.960. The topological polar surface area (TPSA) is 26.3 Å². The summed E-state index contributed by atoms with van der Waals surface area (Å²) >= 11 is 1.71. The van der Waals surface area contributed by atoms with Gasteiger partial charge in [0.15, 0.2) is 0 Å². The minimum Gasteiger partial charge on any atom is -0.461 e. The van der Waals surface area contributed by atoms with E-state index in [2.05, 4.69) is 12.1 Å². The molecule has 2 nitrogen and oxygen atoms in total. The maximum atomic E-state index is 11.0. The Morgan fingerprint density at radius 2 is 2.07 bits per heavy atom. The summed E-state index contributed by atoms with van der Waals surface area (Å²) in [6.07, 6.45) is 0.0960. The van der Waals surface area contributed by atoms with Crippen LogP contribution in [0.25, 0.3) is 0 Å². The molecule has 0 amide bonds. The first-order valence-electron chi connectivity index (χ1n) is 4.66. The van der Waals surface area contributed by atoms with Crippen molar-refractivity contribution in [3.05, 3.63) is 30.3 Å². The lowest BCUT2D eigenvalue weighted by atomic mass is 10.0. The number of carbonyl (C=O) groups is 1. The van der Waals surface area contributed by atoms with Gasteiger partial charge >= 0.3 is 5.97 Å². The van der Waals surface area contributed by atoms with Crippen LogP contribution in [0.2, 0.25) is 0 Å². The number of ether oxygens (including phenoxy) is 1. The van der Waals surface area contributed by atoms with Crippen molar-refractivity contribution in [2.45, 2.75) is 17.9 Å². The molecular formula is C11H12O2S. The molecule has 1 aromatic carbocycles. The summed E-state index contributed by atoms with van der Waals surface area (Å²) in [7, 11) is 0. The lowest BCUT2D eigenvalue weighted by molar-refractivity contribution is -0.179. The summed E-state index contributed by atoms with van der Waals surface area (Å²) in [5, 5.41) is 0. The molecule has 1 saturated heterocycles. The van der Waals surface area contributed by atoms with E-state index in [1.807, 2.05) is 25.1 Å². The third kappa shape index (κ3) is 1.93. The number of carbonyl (C=O) groups excluding carboxylic acids is 1. The summed E-state index contributed by atoms with van der Waals surface area (Å²) in [5.41, 5.74) is 0. The Morgan fingerprint density at radius 3 is 2.64 bits per heavy atom. The highest BCUT2D eigenvalue weighted by atomic mass is 32.2. The molecule has 0 radical (unpaired) electrons. The molecule has 14 heavy (non-hydrogen) atoms. The molecule has 0 saturated carbocycles. The molecule has 0 aromatic heterocycles. The van der Waals surface area contributed by atoms with Crippen molar-refractivity contribution in [1.82, 2.24) is 0 Å². The second-order valence-corrected chi connectivity index (χ2v) is 4.47. The SMILES string of the molecule is C[C@@H]1OC(=O)[C@@H]1CSc1ccccc1. The van der Waals surface area contributed by atoms with Crippen molar-refractivity contribution in [3.63, 3.8) is 0 Å². The normalized spacial score (nSPS) is 25.4. The molecule has 0 N–H and O–H groups in total. The molecule has 1 aliphatic heterocycles. The van der Waals surface area contributed by atoms with E-state index in [0.717, 1.165) is 5.75 Å². The van der Waals surface area contributed by atoms with E-state index in [0.29, 0.717) is 0 Å². The highest BCUT2D eigenvalue weighted by Crippen LogP contribution is 2.29. The average molecular weight is 208 g/mol. The van der Waals surface area contributed by atoms with Crippen LogP contribution in [0, 0.1) is 5.92 Å². The van der Waals surface area contributed by atoms with Crippen LogP contribution in [0.5, 0.6) is 0 Å². The van der Waals surface area contributed by atoms with Gasteiger partial charge in [0.25, 0.3) is 0 Å². The second-order valence-electron chi connectivity index (χ2n) is 3.37. The first-order chi connectivity index (χ1) is 6.77. The van der Waals surface area contributed by atoms with E-state index in [-0.39, 0.29) is 18.0 Å². The van der Waals surface area contributed by atoms with Crippen molar-refractivity contribution < 1.29 is 9.53 Å². The lowest BCUT2D eigenvalue weighted by Crippen LogP contribution is -2.44. The molecule has 0 spiro atoms. The molecule has 2 atom stereocenters. The molecule has 0 aliphatic carbocycles. The molecule has 1 heterocycles. The fourth-order valence-corrected chi connectivity index (χ4v) is 2.51. The Bertz CT molecular complexity index is 323. The van der Waals surface area contributed by atoms with Gasteiger partial charge in [0.1, 0.15) is 12.0 Å². The number of rotatable bonds is 3. The van der Waals surface area contributed by atoms with E-state index in [9.17, 15) is 4.79 Å². The van der Waals surface area contributed by atoms with Crippen LogP contribution in [0.3, 0.4) is 0 Å². The molecule has 0 unspecified atom stereocenters. The largest absolute Gasteiger partial charge is 0.461 e. The predicted molar refractivity (Wildman–Crippen MR) is 56.2 cm³/mol. The summed E-state index contributed by atoms with van der Waals surface area (Å²) in [4.78, 5) is 12.2. The first kappa shape index (κ1) is 9.59. The van der Waals surface area contributed by atoms with Crippen LogP contribution in [0.15, 0.2) is 35.2 Å². The maximum Gasteiger partial charge on any atom is 0.313 e. The first-order valence-corrected chi connectivity index (χ1v) is 5.64. The summed E-state index contributed by atoms with van der Waals surface area (Å²) in [6.45, 7) is 1.94. The third-order valence-electron chi connectivity index (χ3n) is 2.34. The monoisotopic (exact) mass is 208 g/mol. The van der Waals surface area contributed by atoms with Gasteiger partial charge in [0.05, 0.1) is 0 Å². The average Bonchev–Trinajstić information content (AvgIpc) is 2.19. The molecule has 1 fully saturated rings. The highest BCUT2D eigenvalue weighted by Gasteiger charge is 2.38. The fraction of sp³-hybridized carbons (Fsp3) is 0.364. The van der Waals surface area contributed by atoms with Crippen molar-refractivity contribution in [2.75, 3.05) is 5.75 Å². The number of thioether (sulfide) groups is 1. The van der Waals surface area contributed by atoms with E-state index in [1.54, 1.807) is 11.8 Å². The predicted octanol–water partition coefficient (Wildman–Crippen LogP) is 2.34. The molecule has 0 bridgehead atoms. The van der Waals surface area contributed by atoms with Gasteiger partial charge in [-0.05, 0) is 19.1 Å². The van der Waals surface area contributed by atoms with Gasteiger partial charge in [-0.15, -0.1) is 11.8 Å². The van der Waals surface area contributed by atoms with Crippen molar-refractivity contribution in [1.29, 1.82) is 0 Å². The van der Waals surface area contributed by atoms with Gasteiger partial charge in [-0.25, -0.2) is 0 Å². The van der Waals surface area contributed by atoms with Crippen LogP contribution in [-0.4, -0.2) is 17.8 Å². The van der Waals surface area contributed by atoms with Crippen LogP contribution in [0.4, 0.5) is 0 Å². The van der Waals surface area contributed by atoms with Gasteiger partial charge in [-0.2, -0.15) is 0 Å². The van der Waals surface area contributed by atoms with Gasteiger partial charge < -0.3 is 4.74 Å². The molecular weight excluding hydrogens is 196 g/mol. The van der Waals surface area contributed by atoms with Crippen molar-refractivity contribution >= 4 is 17.7 Å². The van der Waals surface area contributed by atoms with Gasteiger partial charge in [-0.3, -0.25) is 4.79 Å². The fourth-order valence-electron chi connectivity index (χ4n) is 1.38. The van der Waals surface area contributed by atoms with Crippen LogP contribution >= 0.6 is 11.8 Å². The zero-order valence-electron chi connectivity index (χ0n) is 7.97. The zero-order chi connectivity index (χ0) is 9.97. The van der Waals surface area contributed by atoms with E-state index < -0.39 is 0 Å². The molecule has 1 aliphatic rings. The van der Waals surface area contributed by atoms with Crippen LogP contribution in [-0.2, 0) is 9.53 Å². The minimum absolute atomic E-state index is 0.0547. The molecule has 1 aromatic rings. The number of esters is 1. The second kappa shape index (κ2) is 4.05. The van der Waals surface area contributed by atoms with E-state index in [4.69, 9.17) is 4.74 Å². The number of benzene rings is 1. The van der Waals surface area contributed by atoms with Crippen LogP contribution in [0.1, 0.15) is 6.92 Å². The summed E-state index contributed by atoms with van der Waals surface area (Å²) in [5.74, 6) is 0.852. The van der Waals surface area contributed by atoms with E-state index in [1.165, 1.54) is 4.90 Å². The Labute approximate surface area is 87.6 Å². The van der Waals surface area contributed by atoms with Crippen LogP contribution < -0.4 is 0 Å². The van der Waals surface area contributed by atoms with E-state index >= 15 is 0 Å². The molecule has 3 heteroatoms. The maximum absolute atomic E-state index is 11.0. The number of hydrogen-bond donors (Lipinski definition) is 0. The Balaban J connectivity index is 1.86. The lowest BCUT2D eigenvalue weighted by Gasteiger charge is -2.31. The summed E-state index contributed by atoms with van der Waals surface area (Å²) < 4.78 is 4.89. The van der Waals surface area contributed by atoms with Crippen molar-refractivity contribution in [3.8, 4) is 0 Å². The molecule has 74 valence electrons. The smallest absolute Gasteiger partial charge is 0.313 e. The van der Waals surface area contributed by atoms with Gasteiger partial charge in [0, 0.05) is 10.6 Å². The Morgan fingerprint density at radius 1 is 1.36 bits per heavy atom. The number of hydrogen-bond acceptors (Lipinski definition) is 3. The molecule has 2 rings (SSSR count). The zero-order valence-corrected chi connectivity index (χ0v) is 8.79. The van der Waals surface area contributed by atoms with Gasteiger partial charge in [0.2, 0.25) is 0 Å². The van der Waals surface area contributed by atoms with Gasteiger partial charge in [-0.1, -0.05) is 18.2 Å². The minimum atomic E-state index is -0.0547. The highest BCUT2D eigenvalue weighted by molar-refractivity contribution is 7.99. The summed E-state index contributed by atoms with van der Waals surface area (Å²) in [6, 6.07) is 10.1. The quantitative estimate of drug-likeness (QED) is 0.563.